The summed E-state index contributed by atoms with van der Waals surface area (Å²) in [7, 11) is 8.28. The van der Waals surface area contributed by atoms with E-state index in [1.165, 1.54) is 77.8 Å². The number of carbonyl (C=O) groups is 11. The molecule has 2 rings (SSSR count). The van der Waals surface area contributed by atoms with Gasteiger partial charge in [0.2, 0.25) is 65.0 Å². The smallest absolute Gasteiger partial charge is 0.246 e. The minimum Gasteiger partial charge on any atom is -0.396 e. The summed E-state index contributed by atoms with van der Waals surface area (Å²) in [6, 6.07) is -14.5. The van der Waals surface area contributed by atoms with E-state index in [0.29, 0.717) is 19.6 Å². The summed E-state index contributed by atoms with van der Waals surface area (Å²) >= 11 is 0. The zero-order valence-corrected chi connectivity index (χ0v) is 60.2. The van der Waals surface area contributed by atoms with Crippen molar-refractivity contribution in [2.45, 2.75) is 234 Å². The van der Waals surface area contributed by atoms with E-state index in [1.54, 1.807) is 48.5 Å². The van der Waals surface area contributed by atoms with Crippen LogP contribution in [0.25, 0.3) is 0 Å². The Morgan fingerprint density at radius 3 is 1.48 bits per heavy atom. The molecule has 93 heavy (non-hydrogen) atoms. The Balaban J connectivity index is 2.96. The molecule has 14 atom stereocenters. The molecule has 0 aromatic rings. The van der Waals surface area contributed by atoms with Crippen LogP contribution in [0.1, 0.15) is 156 Å². The number of likely N-dealkylation sites (N-methyl/N-ethyl adjacent to an activating group) is 6. The number of morpholine rings is 1. The van der Waals surface area contributed by atoms with E-state index < -0.39 is 161 Å². The number of amides is 11. The Morgan fingerprint density at radius 1 is 0.495 bits per heavy atom. The molecule has 0 radical (unpaired) electrons. The second kappa shape index (κ2) is 39.1. The number of unbranched alkanes of at least 4 members (excludes halogenated alkanes) is 1. The molecule has 2 saturated heterocycles. The maximum absolute atomic E-state index is 15.1. The first-order chi connectivity index (χ1) is 43.3. The van der Waals surface area contributed by atoms with Crippen LogP contribution < -0.4 is 26.6 Å². The number of hydrogen-bond acceptors (Lipinski definition) is 16. The molecule has 2 aliphatic heterocycles. The van der Waals surface area contributed by atoms with Crippen molar-refractivity contribution in [3.63, 3.8) is 0 Å². The van der Waals surface area contributed by atoms with Crippen LogP contribution in [0.4, 0.5) is 0 Å². The fraction of sp³-hybridized carbons (Fsp3) is 0.833. The third-order valence-corrected chi connectivity index (χ3v) is 18.0. The highest BCUT2D eigenvalue weighted by atomic mass is 16.5. The molecule has 0 unspecified atom stereocenters. The third-order valence-electron chi connectivity index (χ3n) is 18.0. The molecule has 0 bridgehead atoms. The lowest BCUT2D eigenvalue weighted by atomic mass is 9.91. The molecule has 2 heterocycles. The van der Waals surface area contributed by atoms with E-state index in [4.69, 9.17) is 9.47 Å². The Morgan fingerprint density at radius 2 is 0.968 bits per heavy atom. The van der Waals surface area contributed by atoms with E-state index in [0.717, 1.165) is 40.8 Å². The minimum absolute atomic E-state index is 0.00753. The van der Waals surface area contributed by atoms with Gasteiger partial charge in [0.25, 0.3) is 0 Å². The van der Waals surface area contributed by atoms with Gasteiger partial charge in [-0.3, -0.25) is 57.6 Å². The summed E-state index contributed by atoms with van der Waals surface area (Å²) < 4.78 is 11.8. The normalized spacial score (nSPS) is 27.7. The summed E-state index contributed by atoms with van der Waals surface area (Å²) in [5.74, 6) is -10.7. The molecule has 27 heteroatoms. The molecule has 7 N–H and O–H groups in total. The molecular formula is C66H120N12O15. The van der Waals surface area contributed by atoms with Gasteiger partial charge < -0.3 is 75.7 Å². The van der Waals surface area contributed by atoms with Gasteiger partial charge in [0, 0.05) is 68.6 Å². The van der Waals surface area contributed by atoms with Crippen molar-refractivity contribution in [1.82, 2.24) is 60.9 Å². The first-order valence-electron chi connectivity index (χ1n) is 33.6. The molecule has 0 aromatic carbocycles. The van der Waals surface area contributed by atoms with Gasteiger partial charge in [-0.1, -0.05) is 83.1 Å². The standard InChI is InChI=1S/C66H120N12O15/c1-23-47-62(87)72(17)45(15)61(86)76(21)53(46(16)93-31-25-24-27-78-28-32-92-33-29-78)59(84)71-51(40(8)9)65(90)73(18)49(35-38(4)5)58(83)68-43(13)56(81)67-44(14)57(82)70-48(34-37(2)3)63(88)74(19)50(36-39(6)7)64(89)75(20)52(41(10)11)66(91)77(22)54(60(85)69-47)55(80)42(12)26-30-79/h37-55,79-80H,23-36H2,1-22H3,(H,67,81)(H,68,83)(H,69,85)(H,70,82)(H,71,84)/t42-,43+,44-,45-,46-,47+,48+,49+,50+,51+,52+,53+,54+,55-/m1/s1. The van der Waals surface area contributed by atoms with Crippen molar-refractivity contribution in [1.29, 1.82) is 0 Å². The summed E-state index contributed by atoms with van der Waals surface area (Å²) in [5, 5.41) is 35.7. The summed E-state index contributed by atoms with van der Waals surface area (Å²) in [4.78, 5) is 171. The lowest BCUT2D eigenvalue weighted by Gasteiger charge is -2.41. The van der Waals surface area contributed by atoms with Gasteiger partial charge in [-0.2, -0.15) is 0 Å². The maximum Gasteiger partial charge on any atom is 0.246 e. The largest absolute Gasteiger partial charge is 0.396 e. The van der Waals surface area contributed by atoms with Crippen LogP contribution in [0.15, 0.2) is 0 Å². The van der Waals surface area contributed by atoms with Crippen LogP contribution >= 0.6 is 0 Å². The van der Waals surface area contributed by atoms with E-state index in [-0.39, 0.29) is 63.1 Å². The second-order valence-corrected chi connectivity index (χ2v) is 27.8. The quantitative estimate of drug-likeness (QED) is 0.0843. The molecule has 0 spiro atoms. The summed E-state index contributed by atoms with van der Waals surface area (Å²) in [5.41, 5.74) is 0. The van der Waals surface area contributed by atoms with E-state index in [2.05, 4.69) is 31.5 Å². The SMILES string of the molecule is CC[C@@H]1NC(=O)[C@H]([C@H](O)[C@H](C)CCO)N(C)C(=O)[C@H](C(C)C)N(C)C(=O)[C@H](CC(C)C)N(C)C(=O)[C@H](CC(C)C)NC(=O)[C@@H](C)NC(=O)[C@H](C)NC(=O)[C@H](CC(C)C)N(C)C(=O)[C@H](C(C)C)NC(=O)[C@H]([C@@H](C)OCCCCN2CCOCC2)N(C)C(=O)[C@@H](C)N(C)C1=O. The first-order valence-corrected chi connectivity index (χ1v) is 33.6. The minimum atomic E-state index is -1.72. The number of rotatable bonds is 20. The zero-order valence-electron chi connectivity index (χ0n) is 60.2. The summed E-state index contributed by atoms with van der Waals surface area (Å²) in [6.45, 7) is 30.5. The number of nitrogens with zero attached hydrogens (tertiary/aromatic N) is 7. The molecule has 0 saturated carbocycles. The van der Waals surface area contributed by atoms with Gasteiger partial charge in [0.1, 0.15) is 66.5 Å². The number of nitrogens with one attached hydrogen (secondary N) is 5. The lowest BCUT2D eigenvalue weighted by Crippen LogP contribution is -2.64. The highest BCUT2D eigenvalue weighted by molar-refractivity contribution is 6.00. The fourth-order valence-corrected chi connectivity index (χ4v) is 11.9. The van der Waals surface area contributed by atoms with Gasteiger partial charge in [0.15, 0.2) is 0 Å². The van der Waals surface area contributed by atoms with Crippen molar-refractivity contribution in [2.24, 2.45) is 35.5 Å². The molecule has 11 amide bonds. The van der Waals surface area contributed by atoms with Gasteiger partial charge in [-0.05, 0) is 115 Å². The number of carbonyl (C=O) groups excluding carboxylic acids is 11. The number of aliphatic hydroxyl groups excluding tert-OH is 2. The lowest BCUT2D eigenvalue weighted by molar-refractivity contribution is -0.157. The van der Waals surface area contributed by atoms with Crippen molar-refractivity contribution >= 4 is 65.0 Å². The van der Waals surface area contributed by atoms with Crippen LogP contribution in [-0.4, -0.2) is 277 Å². The van der Waals surface area contributed by atoms with Gasteiger partial charge in [0.05, 0.1) is 25.4 Å². The monoisotopic (exact) mass is 1320 g/mol. The van der Waals surface area contributed by atoms with E-state index in [9.17, 15) is 48.6 Å². The first kappa shape index (κ1) is 83.1. The van der Waals surface area contributed by atoms with Gasteiger partial charge >= 0.3 is 0 Å². The van der Waals surface area contributed by atoms with E-state index in [1.807, 2.05) is 41.5 Å². The molecule has 534 valence electrons. The Labute approximate surface area is 554 Å². The fourth-order valence-electron chi connectivity index (χ4n) is 11.9. The number of hydrogen-bond donors (Lipinski definition) is 7. The number of aliphatic hydroxyl groups is 2. The maximum atomic E-state index is 15.1. The highest BCUT2D eigenvalue weighted by Gasteiger charge is 2.46. The van der Waals surface area contributed by atoms with Crippen LogP contribution in [0.3, 0.4) is 0 Å². The van der Waals surface area contributed by atoms with Crippen molar-refractivity contribution in [2.75, 3.05) is 88.3 Å². The average molecular weight is 1320 g/mol. The van der Waals surface area contributed by atoms with Gasteiger partial charge in [-0.15, -0.1) is 0 Å². The molecule has 0 aliphatic carbocycles. The van der Waals surface area contributed by atoms with Crippen molar-refractivity contribution in [3.05, 3.63) is 0 Å². The van der Waals surface area contributed by atoms with Crippen LogP contribution in [0.5, 0.6) is 0 Å². The molecule has 2 fully saturated rings. The molecule has 2 aliphatic rings. The van der Waals surface area contributed by atoms with Crippen molar-refractivity contribution in [3.8, 4) is 0 Å². The van der Waals surface area contributed by atoms with Crippen LogP contribution in [0.2, 0.25) is 0 Å². The van der Waals surface area contributed by atoms with Crippen molar-refractivity contribution < 1.29 is 72.4 Å². The van der Waals surface area contributed by atoms with Crippen LogP contribution in [-0.2, 0) is 62.2 Å². The second-order valence-electron chi connectivity index (χ2n) is 27.8. The predicted molar refractivity (Wildman–Crippen MR) is 353 cm³/mol. The Kier molecular flexibility index (Phi) is 34.9. The highest BCUT2D eigenvalue weighted by Crippen LogP contribution is 2.25. The zero-order chi connectivity index (χ0) is 71.2. The summed E-state index contributed by atoms with van der Waals surface area (Å²) in [6.07, 6.45) is -0.942. The van der Waals surface area contributed by atoms with Gasteiger partial charge in [-0.25, -0.2) is 0 Å². The number of ether oxygens (including phenoxy) is 2. The predicted octanol–water partition coefficient (Wildman–Crippen LogP) is 1.20. The third kappa shape index (κ3) is 24.0. The Bertz CT molecular complexity index is 2480. The van der Waals surface area contributed by atoms with E-state index >= 15 is 14.4 Å². The molecule has 27 nitrogen and oxygen atoms in total. The molecule has 0 aromatic heterocycles. The average Bonchev–Trinajstić information content (AvgIpc) is 0.860. The van der Waals surface area contributed by atoms with Crippen LogP contribution in [0, 0.1) is 35.5 Å². The molecular weight excluding hydrogens is 1200 g/mol. The Hall–Kier alpha value is -6.03. The topological polar surface area (TPSA) is 330 Å².